The zero-order valence-corrected chi connectivity index (χ0v) is 26.3. The Kier molecular flexibility index (Phi) is 6.52. The molecule has 0 spiro atoms. The quantitative estimate of drug-likeness (QED) is 0.190. The van der Waals surface area contributed by atoms with Crippen LogP contribution >= 0.6 is 0 Å². The van der Waals surface area contributed by atoms with Crippen molar-refractivity contribution in [1.82, 2.24) is 0 Å². The van der Waals surface area contributed by atoms with E-state index in [0.29, 0.717) is 0 Å². The summed E-state index contributed by atoms with van der Waals surface area (Å²) in [5.74, 6) is 2.42. The average Bonchev–Trinajstić information content (AvgIpc) is 3.40. The van der Waals surface area contributed by atoms with Gasteiger partial charge in [0.15, 0.2) is 5.60 Å². The standard InChI is InChI=1S/C42H34O4/c1-41(45-4)37-26-28(27-10-6-5-7-11-27)14-23-35(37)38-33-12-8-9-13-34(33)40-36(39(38)41)24-25-42(46-40,29-15-19-31(43-2)20-16-29)30-17-21-32(44-3)22-18-30/h5-26H,1-4H3. The van der Waals surface area contributed by atoms with Crippen LogP contribution in [0.5, 0.6) is 17.2 Å². The summed E-state index contributed by atoms with van der Waals surface area (Å²) in [6.45, 7) is 2.18. The van der Waals surface area contributed by atoms with Crippen molar-refractivity contribution in [2.75, 3.05) is 21.3 Å². The van der Waals surface area contributed by atoms with Crippen molar-refractivity contribution in [3.63, 3.8) is 0 Å². The van der Waals surface area contributed by atoms with E-state index >= 15 is 0 Å². The molecular weight excluding hydrogens is 568 g/mol. The fourth-order valence-corrected chi connectivity index (χ4v) is 7.34. The molecule has 2 aliphatic rings. The Balaban J connectivity index is 1.39. The van der Waals surface area contributed by atoms with Gasteiger partial charge < -0.3 is 18.9 Å². The molecule has 1 unspecified atom stereocenters. The van der Waals surface area contributed by atoms with Gasteiger partial charge in [0.2, 0.25) is 0 Å². The van der Waals surface area contributed by atoms with Crippen LogP contribution in [0.4, 0.5) is 0 Å². The molecule has 0 aromatic heterocycles. The number of hydrogen-bond acceptors (Lipinski definition) is 4. The van der Waals surface area contributed by atoms with Gasteiger partial charge in [-0.2, -0.15) is 0 Å². The first-order valence-electron chi connectivity index (χ1n) is 15.5. The van der Waals surface area contributed by atoms with Gasteiger partial charge in [0, 0.05) is 34.7 Å². The lowest BCUT2D eigenvalue weighted by Gasteiger charge is -2.38. The Morgan fingerprint density at radius 2 is 1.22 bits per heavy atom. The smallest absolute Gasteiger partial charge is 0.178 e. The molecule has 1 aliphatic heterocycles. The van der Waals surface area contributed by atoms with Gasteiger partial charge >= 0.3 is 0 Å². The van der Waals surface area contributed by atoms with Gasteiger partial charge in [-0.1, -0.05) is 97.1 Å². The summed E-state index contributed by atoms with van der Waals surface area (Å²) in [6, 6.07) is 42.1. The summed E-state index contributed by atoms with van der Waals surface area (Å²) in [4.78, 5) is 0. The van der Waals surface area contributed by atoms with Gasteiger partial charge in [-0.3, -0.25) is 0 Å². The minimum absolute atomic E-state index is 0.697. The van der Waals surface area contributed by atoms with Gasteiger partial charge in [0.25, 0.3) is 0 Å². The fraction of sp³-hybridized carbons (Fsp3) is 0.143. The van der Waals surface area contributed by atoms with Crippen LogP contribution < -0.4 is 14.2 Å². The lowest BCUT2D eigenvalue weighted by molar-refractivity contribution is 0.0424. The highest BCUT2D eigenvalue weighted by Gasteiger charge is 2.46. The predicted octanol–water partition coefficient (Wildman–Crippen LogP) is 9.76. The molecule has 1 heterocycles. The fourth-order valence-electron chi connectivity index (χ4n) is 7.34. The Bertz CT molecular complexity index is 2080. The average molecular weight is 603 g/mol. The highest BCUT2D eigenvalue weighted by atomic mass is 16.5. The third kappa shape index (κ3) is 4.03. The van der Waals surface area contributed by atoms with Gasteiger partial charge in [0.05, 0.1) is 14.2 Å². The van der Waals surface area contributed by atoms with E-state index in [2.05, 4.69) is 116 Å². The topological polar surface area (TPSA) is 36.9 Å². The molecule has 0 radical (unpaired) electrons. The summed E-state index contributed by atoms with van der Waals surface area (Å²) in [5.41, 5.74) is 8.45. The molecule has 46 heavy (non-hydrogen) atoms. The Hall–Kier alpha value is -5.32. The maximum Gasteiger partial charge on any atom is 0.178 e. The molecule has 4 nitrogen and oxygen atoms in total. The van der Waals surface area contributed by atoms with Crippen molar-refractivity contribution in [2.24, 2.45) is 0 Å². The minimum Gasteiger partial charge on any atom is -0.497 e. The number of rotatable bonds is 6. The number of methoxy groups -OCH3 is 3. The first-order chi connectivity index (χ1) is 22.5. The van der Waals surface area contributed by atoms with Crippen LogP contribution in [0.25, 0.3) is 39.1 Å². The Morgan fingerprint density at radius 1 is 0.609 bits per heavy atom. The molecule has 0 fully saturated rings. The van der Waals surface area contributed by atoms with E-state index in [4.69, 9.17) is 18.9 Å². The molecule has 0 saturated carbocycles. The van der Waals surface area contributed by atoms with Crippen LogP contribution in [0.2, 0.25) is 0 Å². The third-order valence-corrected chi connectivity index (χ3v) is 9.79. The number of hydrogen-bond donors (Lipinski definition) is 0. The van der Waals surface area contributed by atoms with Crippen LogP contribution in [-0.2, 0) is 15.9 Å². The monoisotopic (exact) mass is 602 g/mol. The first-order valence-corrected chi connectivity index (χ1v) is 15.5. The highest BCUT2D eigenvalue weighted by Crippen LogP contribution is 2.58. The maximum absolute atomic E-state index is 7.38. The summed E-state index contributed by atoms with van der Waals surface area (Å²) < 4.78 is 24.9. The number of benzene rings is 6. The molecular formula is C42H34O4. The van der Waals surface area contributed by atoms with E-state index < -0.39 is 11.2 Å². The number of fused-ring (bicyclic) bond motifs is 8. The van der Waals surface area contributed by atoms with E-state index in [1.54, 1.807) is 14.2 Å². The highest BCUT2D eigenvalue weighted by molar-refractivity contribution is 6.08. The summed E-state index contributed by atoms with van der Waals surface area (Å²) in [6.07, 6.45) is 4.42. The molecule has 0 N–H and O–H groups in total. The summed E-state index contributed by atoms with van der Waals surface area (Å²) in [5, 5.41) is 2.20. The second-order valence-corrected chi connectivity index (χ2v) is 12.0. The van der Waals surface area contributed by atoms with Crippen LogP contribution in [0.1, 0.15) is 34.7 Å². The largest absolute Gasteiger partial charge is 0.497 e. The van der Waals surface area contributed by atoms with Crippen molar-refractivity contribution in [3.05, 3.63) is 155 Å². The lowest BCUT2D eigenvalue weighted by Crippen LogP contribution is -2.35. The van der Waals surface area contributed by atoms with E-state index in [-0.39, 0.29) is 0 Å². The zero-order chi connectivity index (χ0) is 31.5. The maximum atomic E-state index is 7.38. The SMILES string of the molecule is COc1ccc(C2(c3ccc(OC)cc3)C=Cc3c4c(c5ccccc5c3O2)-c2ccc(-c3ccccc3)cc2C4(C)OC)cc1. The van der Waals surface area contributed by atoms with Crippen molar-refractivity contribution < 1.29 is 18.9 Å². The van der Waals surface area contributed by atoms with Crippen LogP contribution in [0.15, 0.2) is 127 Å². The number of ether oxygens (including phenoxy) is 4. The molecule has 1 atom stereocenters. The first kappa shape index (κ1) is 28.2. The van der Waals surface area contributed by atoms with Gasteiger partial charge in [-0.15, -0.1) is 0 Å². The molecule has 6 aromatic rings. The second-order valence-electron chi connectivity index (χ2n) is 12.0. The molecule has 226 valence electrons. The van der Waals surface area contributed by atoms with E-state index in [0.717, 1.165) is 55.8 Å². The summed E-state index contributed by atoms with van der Waals surface area (Å²) >= 11 is 0. The Morgan fingerprint density at radius 3 is 1.83 bits per heavy atom. The normalized spacial score (nSPS) is 17.1. The van der Waals surface area contributed by atoms with Crippen molar-refractivity contribution in [3.8, 4) is 39.5 Å². The second kappa shape index (κ2) is 10.6. The summed E-state index contributed by atoms with van der Waals surface area (Å²) in [7, 11) is 5.17. The third-order valence-electron chi connectivity index (χ3n) is 9.79. The molecule has 0 bridgehead atoms. The van der Waals surface area contributed by atoms with Gasteiger partial charge in [-0.25, -0.2) is 0 Å². The van der Waals surface area contributed by atoms with E-state index in [9.17, 15) is 0 Å². The lowest BCUT2D eigenvalue weighted by atomic mass is 9.80. The van der Waals surface area contributed by atoms with Crippen molar-refractivity contribution >= 4 is 16.8 Å². The van der Waals surface area contributed by atoms with Crippen molar-refractivity contribution in [2.45, 2.75) is 18.1 Å². The predicted molar refractivity (Wildman–Crippen MR) is 185 cm³/mol. The van der Waals surface area contributed by atoms with Crippen LogP contribution in [0, 0.1) is 0 Å². The van der Waals surface area contributed by atoms with Crippen LogP contribution in [0.3, 0.4) is 0 Å². The van der Waals surface area contributed by atoms with E-state index in [1.165, 1.54) is 22.3 Å². The minimum atomic E-state index is -0.891. The molecule has 8 rings (SSSR count). The molecule has 4 heteroatoms. The molecule has 1 aliphatic carbocycles. The van der Waals surface area contributed by atoms with Gasteiger partial charge in [0.1, 0.15) is 22.8 Å². The van der Waals surface area contributed by atoms with E-state index in [1.807, 2.05) is 31.4 Å². The zero-order valence-electron chi connectivity index (χ0n) is 26.3. The molecule has 6 aromatic carbocycles. The van der Waals surface area contributed by atoms with Crippen molar-refractivity contribution in [1.29, 1.82) is 0 Å². The molecule has 0 amide bonds. The van der Waals surface area contributed by atoms with Crippen LogP contribution in [-0.4, -0.2) is 21.3 Å². The van der Waals surface area contributed by atoms with Gasteiger partial charge in [-0.05, 0) is 76.5 Å². The molecule has 0 saturated heterocycles. The Labute approximate surface area is 269 Å².